The number of amides is 1. The third kappa shape index (κ3) is 3.04. The van der Waals surface area contributed by atoms with Crippen molar-refractivity contribution >= 4 is 22.9 Å². The molecule has 0 aromatic carbocycles. The standard InChI is InChI=1S/C12H13N3OS/c13-10-4-7-17-11(10)12(16)15-6-3-9-2-1-5-14-8-9/h1-2,4-5,7-8H,3,6,13H2,(H,15,16). The topological polar surface area (TPSA) is 68.0 Å². The molecule has 0 saturated heterocycles. The van der Waals surface area contributed by atoms with Crippen LogP contribution < -0.4 is 11.1 Å². The number of nitrogens with one attached hydrogen (secondary N) is 1. The highest BCUT2D eigenvalue weighted by Gasteiger charge is 2.09. The van der Waals surface area contributed by atoms with Gasteiger partial charge in [0.25, 0.3) is 5.91 Å². The average Bonchev–Trinajstić information content (AvgIpc) is 2.77. The zero-order valence-corrected chi connectivity index (χ0v) is 10.0. The number of carbonyl (C=O) groups excluding carboxylic acids is 1. The molecule has 2 aromatic rings. The van der Waals surface area contributed by atoms with Gasteiger partial charge in [-0.15, -0.1) is 11.3 Å². The predicted molar refractivity (Wildman–Crippen MR) is 69.0 cm³/mol. The Labute approximate surface area is 103 Å². The lowest BCUT2D eigenvalue weighted by Crippen LogP contribution is -2.25. The van der Waals surface area contributed by atoms with Crippen LogP contribution in [0.25, 0.3) is 0 Å². The Kier molecular flexibility index (Phi) is 3.72. The first-order valence-corrected chi connectivity index (χ1v) is 6.15. The molecule has 0 aliphatic carbocycles. The molecule has 2 aromatic heterocycles. The summed E-state index contributed by atoms with van der Waals surface area (Å²) < 4.78 is 0. The third-order valence-corrected chi connectivity index (χ3v) is 3.25. The van der Waals surface area contributed by atoms with Gasteiger partial charge in [-0.25, -0.2) is 0 Å². The maximum Gasteiger partial charge on any atom is 0.263 e. The highest BCUT2D eigenvalue weighted by atomic mass is 32.1. The Balaban J connectivity index is 1.84. The summed E-state index contributed by atoms with van der Waals surface area (Å²) in [7, 11) is 0. The number of aromatic nitrogens is 1. The first-order chi connectivity index (χ1) is 8.27. The average molecular weight is 247 g/mol. The van der Waals surface area contributed by atoms with Gasteiger partial charge in [-0.05, 0) is 29.5 Å². The maximum atomic E-state index is 11.7. The number of nitrogens with zero attached hydrogens (tertiary/aromatic N) is 1. The van der Waals surface area contributed by atoms with Crippen molar-refractivity contribution in [2.45, 2.75) is 6.42 Å². The summed E-state index contributed by atoms with van der Waals surface area (Å²) in [6.07, 6.45) is 4.30. The first kappa shape index (κ1) is 11.6. The van der Waals surface area contributed by atoms with Crippen molar-refractivity contribution in [2.75, 3.05) is 12.3 Å². The van der Waals surface area contributed by atoms with E-state index < -0.39 is 0 Å². The van der Waals surface area contributed by atoms with Crippen LogP contribution in [0.3, 0.4) is 0 Å². The minimum Gasteiger partial charge on any atom is -0.397 e. The molecule has 0 spiro atoms. The van der Waals surface area contributed by atoms with Crippen molar-refractivity contribution in [3.8, 4) is 0 Å². The zero-order valence-electron chi connectivity index (χ0n) is 9.22. The maximum absolute atomic E-state index is 11.7. The van der Waals surface area contributed by atoms with Gasteiger partial charge in [-0.1, -0.05) is 6.07 Å². The molecule has 0 aliphatic rings. The van der Waals surface area contributed by atoms with Gasteiger partial charge in [0.2, 0.25) is 0 Å². The molecule has 0 unspecified atom stereocenters. The number of thiophene rings is 1. The summed E-state index contributed by atoms with van der Waals surface area (Å²) >= 11 is 1.35. The lowest BCUT2D eigenvalue weighted by atomic mass is 10.2. The molecule has 0 saturated carbocycles. The van der Waals surface area contributed by atoms with E-state index in [1.165, 1.54) is 11.3 Å². The van der Waals surface area contributed by atoms with E-state index in [1.807, 2.05) is 17.5 Å². The second-order valence-corrected chi connectivity index (χ2v) is 4.49. The minimum atomic E-state index is -0.110. The van der Waals surface area contributed by atoms with Crippen LogP contribution in [0.5, 0.6) is 0 Å². The summed E-state index contributed by atoms with van der Waals surface area (Å²) in [5, 5.41) is 4.65. The van der Waals surface area contributed by atoms with Gasteiger partial charge in [0.05, 0.1) is 5.69 Å². The Hall–Kier alpha value is -1.88. The largest absolute Gasteiger partial charge is 0.397 e. The lowest BCUT2D eigenvalue weighted by Gasteiger charge is -2.04. The third-order valence-electron chi connectivity index (χ3n) is 2.32. The van der Waals surface area contributed by atoms with Crippen LogP contribution >= 0.6 is 11.3 Å². The van der Waals surface area contributed by atoms with Gasteiger partial charge >= 0.3 is 0 Å². The molecule has 3 N–H and O–H groups in total. The molecule has 0 atom stereocenters. The molecule has 88 valence electrons. The fourth-order valence-corrected chi connectivity index (χ4v) is 2.18. The normalized spacial score (nSPS) is 10.1. The number of nitrogens with two attached hydrogens (primary N) is 1. The predicted octanol–water partition coefficient (Wildman–Crippen LogP) is 1.70. The van der Waals surface area contributed by atoms with Crippen molar-refractivity contribution in [1.82, 2.24) is 10.3 Å². The van der Waals surface area contributed by atoms with Gasteiger partial charge in [0, 0.05) is 18.9 Å². The van der Waals surface area contributed by atoms with Crippen molar-refractivity contribution in [1.29, 1.82) is 0 Å². The number of carbonyl (C=O) groups is 1. The summed E-state index contributed by atoms with van der Waals surface area (Å²) in [6, 6.07) is 5.60. The lowest BCUT2D eigenvalue weighted by molar-refractivity contribution is 0.0959. The fraction of sp³-hybridized carbons (Fsp3) is 0.167. The van der Waals surface area contributed by atoms with E-state index in [2.05, 4.69) is 10.3 Å². The van der Waals surface area contributed by atoms with E-state index in [4.69, 9.17) is 5.73 Å². The smallest absolute Gasteiger partial charge is 0.263 e. The molecule has 0 fully saturated rings. The molecule has 0 radical (unpaired) electrons. The van der Waals surface area contributed by atoms with E-state index in [9.17, 15) is 4.79 Å². The van der Waals surface area contributed by atoms with Gasteiger partial charge in [0.1, 0.15) is 4.88 Å². The second-order valence-electron chi connectivity index (χ2n) is 3.57. The summed E-state index contributed by atoms with van der Waals surface area (Å²) in [6.45, 7) is 0.585. The van der Waals surface area contributed by atoms with Gasteiger partial charge in [0.15, 0.2) is 0 Å². The van der Waals surface area contributed by atoms with Crippen LogP contribution in [0.2, 0.25) is 0 Å². The number of anilines is 1. The van der Waals surface area contributed by atoms with E-state index in [-0.39, 0.29) is 5.91 Å². The molecule has 17 heavy (non-hydrogen) atoms. The quantitative estimate of drug-likeness (QED) is 0.864. The van der Waals surface area contributed by atoms with Crippen molar-refractivity contribution in [2.24, 2.45) is 0 Å². The molecule has 4 nitrogen and oxygen atoms in total. The Morgan fingerprint density at radius 2 is 2.35 bits per heavy atom. The molecule has 1 amide bonds. The number of pyridine rings is 1. The second kappa shape index (κ2) is 5.45. The van der Waals surface area contributed by atoms with Crippen molar-refractivity contribution < 1.29 is 4.79 Å². The van der Waals surface area contributed by atoms with Gasteiger partial charge in [-0.2, -0.15) is 0 Å². The fourth-order valence-electron chi connectivity index (χ4n) is 1.45. The molecule has 0 aliphatic heterocycles. The van der Waals surface area contributed by atoms with Crippen LogP contribution in [-0.4, -0.2) is 17.4 Å². The summed E-state index contributed by atoms with van der Waals surface area (Å²) in [5.74, 6) is -0.110. The van der Waals surface area contributed by atoms with Crippen molar-refractivity contribution in [3.63, 3.8) is 0 Å². The molecule has 2 rings (SSSR count). The zero-order chi connectivity index (χ0) is 12.1. The molecule has 2 heterocycles. The van der Waals surface area contributed by atoms with Crippen molar-refractivity contribution in [3.05, 3.63) is 46.4 Å². The van der Waals surface area contributed by atoms with Crippen LogP contribution in [0.15, 0.2) is 36.0 Å². The van der Waals surface area contributed by atoms with E-state index in [0.29, 0.717) is 17.1 Å². The van der Waals surface area contributed by atoms with Crippen LogP contribution in [-0.2, 0) is 6.42 Å². The number of rotatable bonds is 4. The SMILES string of the molecule is Nc1ccsc1C(=O)NCCc1cccnc1. The van der Waals surface area contributed by atoms with E-state index in [1.54, 1.807) is 18.5 Å². The molecule has 5 heteroatoms. The highest BCUT2D eigenvalue weighted by molar-refractivity contribution is 7.12. The van der Waals surface area contributed by atoms with E-state index >= 15 is 0 Å². The molecular weight excluding hydrogens is 234 g/mol. The molecular formula is C12H13N3OS. The Morgan fingerprint density at radius 1 is 1.47 bits per heavy atom. The van der Waals surface area contributed by atoms with Crippen LogP contribution in [0.1, 0.15) is 15.2 Å². The monoisotopic (exact) mass is 247 g/mol. The number of hydrogen-bond acceptors (Lipinski definition) is 4. The molecule has 0 bridgehead atoms. The Morgan fingerprint density at radius 3 is 3.00 bits per heavy atom. The number of nitrogen functional groups attached to an aromatic ring is 1. The van der Waals surface area contributed by atoms with Crippen LogP contribution in [0.4, 0.5) is 5.69 Å². The van der Waals surface area contributed by atoms with E-state index in [0.717, 1.165) is 12.0 Å². The highest BCUT2D eigenvalue weighted by Crippen LogP contribution is 2.18. The Bertz CT molecular complexity index is 495. The first-order valence-electron chi connectivity index (χ1n) is 5.27. The summed E-state index contributed by atoms with van der Waals surface area (Å²) in [4.78, 5) is 16.3. The van der Waals surface area contributed by atoms with Gasteiger partial charge < -0.3 is 11.1 Å². The number of hydrogen-bond donors (Lipinski definition) is 2. The van der Waals surface area contributed by atoms with Crippen LogP contribution in [0, 0.1) is 0 Å². The summed E-state index contributed by atoms with van der Waals surface area (Å²) in [5.41, 5.74) is 7.30. The minimum absolute atomic E-state index is 0.110. The van der Waals surface area contributed by atoms with Gasteiger partial charge in [-0.3, -0.25) is 9.78 Å².